The third-order valence-corrected chi connectivity index (χ3v) is 16.4. The Hall–Kier alpha value is -4.75. The number of alkyl carbamates (subject to hydrolysis) is 2. The van der Waals surface area contributed by atoms with Crippen LogP contribution in [0.25, 0.3) is 20.9 Å². The van der Waals surface area contributed by atoms with Crippen LogP contribution >= 0.6 is 35.1 Å². The quantitative estimate of drug-likeness (QED) is 0.0561. The van der Waals surface area contributed by atoms with E-state index in [9.17, 15) is 41.1 Å². The molecule has 0 saturated heterocycles. The highest BCUT2D eigenvalue weighted by molar-refractivity contribution is 7.90. The number of thiazole rings is 2. The molecule has 0 radical (unpaired) electrons. The van der Waals surface area contributed by atoms with Gasteiger partial charge in [0.15, 0.2) is 0 Å². The number of hydrogen-bond acceptors (Lipinski definition) is 15. The number of carboxylic acid groups (broad SMARTS) is 1. The van der Waals surface area contributed by atoms with Gasteiger partial charge in [-0.3, -0.25) is 4.79 Å². The lowest BCUT2D eigenvalue weighted by atomic mass is 9.86. The van der Waals surface area contributed by atoms with Crippen LogP contribution in [0.4, 0.5) is 9.59 Å². The Labute approximate surface area is 412 Å². The van der Waals surface area contributed by atoms with E-state index in [1.165, 1.54) is 53.0 Å². The number of carbonyl (C=O) groups is 4. The highest BCUT2D eigenvalue weighted by atomic mass is 35.5. The second-order valence-electron chi connectivity index (χ2n) is 16.5. The molecule has 6 rings (SSSR count). The van der Waals surface area contributed by atoms with Crippen LogP contribution in [0.15, 0.2) is 58.6 Å². The first-order valence-corrected chi connectivity index (χ1v) is 26.5. The first kappa shape index (κ1) is 57.6. The van der Waals surface area contributed by atoms with Crippen LogP contribution < -0.4 is 32.0 Å². The largest absolute Gasteiger partial charge is 0.478 e. The van der Waals surface area contributed by atoms with Crippen molar-refractivity contribution in [3.8, 4) is 20.9 Å². The maximum Gasteiger partial charge on any atom is 0.407 e. The van der Waals surface area contributed by atoms with Gasteiger partial charge in [-0.25, -0.2) is 50.6 Å². The maximum atomic E-state index is 12.8. The number of nitrogens with one attached hydrogen (secondary N) is 4. The van der Waals surface area contributed by atoms with Gasteiger partial charge in [-0.2, -0.15) is 0 Å². The predicted octanol–water partition coefficient (Wildman–Crippen LogP) is 7.92. The van der Waals surface area contributed by atoms with E-state index in [1.807, 2.05) is 13.8 Å². The minimum Gasteiger partial charge on any atom is -0.478 e. The zero-order chi connectivity index (χ0) is 48.3. The summed E-state index contributed by atoms with van der Waals surface area (Å²) in [6.45, 7) is 11.0. The standard InChI is InChI=1S/C22H30N4O5S2.C22H29N3O6S2.ClH.H3N/c1-4-25-33(29,30)19-11-15(20(23)27)7-10-17(19)18-12-24-21(32-18)14-5-8-16(9-6-14)26-22(28)31-13(2)3;1-4-24-33(29,30)19-11-15(21(26)27)7-10-17(19)18-12-23-20(32-18)14-5-8-16(9-6-14)25-22(28)31-13(2)3;;/h7,10-14,16,25H,4-6,8-9H2,1-3H3,(H2,23,27)(H,26,28);7,10-14,16,24H,4-6,8-9H2,1-3H3,(H,25,28)(H,26,27);1H;1H3. The zero-order valence-electron chi connectivity index (χ0n) is 38.9. The number of carboxylic acids is 1. The molecule has 2 heterocycles. The van der Waals surface area contributed by atoms with Gasteiger partial charge in [0, 0.05) is 66.1 Å². The second-order valence-corrected chi connectivity index (χ2v) is 22.1. The van der Waals surface area contributed by atoms with Crippen LogP contribution in [0, 0.1) is 0 Å². The van der Waals surface area contributed by atoms with Crippen molar-refractivity contribution in [3.63, 3.8) is 0 Å². The molecule has 2 aromatic carbocycles. The summed E-state index contributed by atoms with van der Waals surface area (Å²) in [4.78, 5) is 57.1. The molecule has 0 bridgehead atoms. The number of rotatable bonds is 16. The van der Waals surface area contributed by atoms with Crippen molar-refractivity contribution in [3.05, 3.63) is 69.9 Å². The van der Waals surface area contributed by atoms with Gasteiger partial charge in [0.25, 0.3) is 0 Å². The van der Waals surface area contributed by atoms with Crippen molar-refractivity contribution in [2.45, 2.75) is 139 Å². The minimum atomic E-state index is -3.87. The predicted molar refractivity (Wildman–Crippen MR) is 264 cm³/mol. The molecule has 2 fully saturated rings. The lowest BCUT2D eigenvalue weighted by Gasteiger charge is -2.28. The van der Waals surface area contributed by atoms with E-state index in [0.29, 0.717) is 20.9 Å². The summed E-state index contributed by atoms with van der Waals surface area (Å²) in [6, 6.07) is 8.67. The summed E-state index contributed by atoms with van der Waals surface area (Å²) in [5.41, 5.74) is 6.30. The normalized spacial score (nSPS) is 18.2. The molecule has 19 nitrogen and oxygen atoms in total. The van der Waals surface area contributed by atoms with Crippen LogP contribution in [0.5, 0.6) is 0 Å². The highest BCUT2D eigenvalue weighted by Gasteiger charge is 2.30. The van der Waals surface area contributed by atoms with E-state index in [2.05, 4.69) is 30.0 Å². The first-order chi connectivity index (χ1) is 31.2. The number of aromatic nitrogens is 2. The SMILES string of the molecule is CCNS(=O)(=O)c1cc(C(=O)O)ccc1-c1cnc(C2CCC(NC(=O)OC(C)C)CC2)s1.CCNS(=O)(=O)c1cc(C(N)=O)ccc1-c1cnc(C2CCC(NC(=O)OC(C)C)CC2)s1.Cl.N. The number of nitrogens with zero attached hydrogens (tertiary/aromatic N) is 2. The third kappa shape index (κ3) is 15.6. The monoisotopic (exact) mass is 1040 g/mol. The molecule has 0 unspecified atom stereocenters. The number of ether oxygens (including phenoxy) is 2. The summed E-state index contributed by atoms with van der Waals surface area (Å²) < 4.78 is 66.2. The lowest BCUT2D eigenvalue weighted by Crippen LogP contribution is -2.38. The van der Waals surface area contributed by atoms with Crippen LogP contribution in [0.1, 0.15) is 135 Å². The van der Waals surface area contributed by atoms with Gasteiger partial charge in [-0.05, 0) is 103 Å². The van der Waals surface area contributed by atoms with E-state index >= 15 is 0 Å². The fourth-order valence-corrected chi connectivity index (χ4v) is 12.7. The zero-order valence-corrected chi connectivity index (χ0v) is 43.0. The summed E-state index contributed by atoms with van der Waals surface area (Å²) in [6.07, 6.45) is 8.88. The smallest absolute Gasteiger partial charge is 0.407 e. The molecule has 2 aromatic heterocycles. The minimum absolute atomic E-state index is 0. The van der Waals surface area contributed by atoms with Crippen LogP contribution in [-0.4, -0.2) is 93.4 Å². The summed E-state index contributed by atoms with van der Waals surface area (Å²) >= 11 is 2.86. The van der Waals surface area contributed by atoms with Gasteiger partial charge in [-0.1, -0.05) is 26.0 Å². The van der Waals surface area contributed by atoms with Gasteiger partial charge < -0.3 is 37.1 Å². The van der Waals surface area contributed by atoms with Crippen molar-refractivity contribution in [2.24, 2.45) is 5.73 Å². The number of benzene rings is 2. The number of nitrogens with two attached hydrogens (primary N) is 1. The van der Waals surface area contributed by atoms with E-state index < -0.39 is 38.0 Å². The van der Waals surface area contributed by atoms with Gasteiger partial charge in [0.2, 0.25) is 26.0 Å². The topological polar surface area (TPSA) is 310 Å². The van der Waals surface area contributed by atoms with E-state index in [1.54, 1.807) is 46.2 Å². The molecule has 2 aliphatic rings. The Morgan fingerprint density at radius 2 is 1.04 bits per heavy atom. The third-order valence-electron chi connectivity index (χ3n) is 10.8. The average Bonchev–Trinajstić information content (AvgIpc) is 3.95. The number of carbonyl (C=O) groups excluding carboxylic acids is 3. The molecular formula is C44H63ClN8O11S4. The number of aromatic carboxylic acids is 1. The van der Waals surface area contributed by atoms with Gasteiger partial charge >= 0.3 is 18.2 Å². The molecule has 0 atom stereocenters. The number of amides is 3. The van der Waals surface area contributed by atoms with Crippen molar-refractivity contribution < 1.29 is 50.6 Å². The van der Waals surface area contributed by atoms with Gasteiger partial charge in [0.1, 0.15) is 0 Å². The van der Waals surface area contributed by atoms with Crippen LogP contribution in [0.3, 0.4) is 0 Å². The fourth-order valence-electron chi connectivity index (χ4n) is 7.72. The Morgan fingerprint density at radius 3 is 1.38 bits per heavy atom. The van der Waals surface area contributed by atoms with E-state index in [4.69, 9.17) is 15.2 Å². The summed E-state index contributed by atoms with van der Waals surface area (Å²) in [7, 11) is -7.69. The maximum absolute atomic E-state index is 12.8. The molecule has 0 aliphatic heterocycles. The first-order valence-electron chi connectivity index (χ1n) is 21.9. The molecule has 2 aliphatic carbocycles. The van der Waals surface area contributed by atoms with Gasteiger partial charge in [0.05, 0.1) is 47.3 Å². The van der Waals surface area contributed by atoms with E-state index in [-0.39, 0.29) is 94.8 Å². The molecule has 10 N–H and O–H groups in total. The molecule has 2 saturated carbocycles. The average molecular weight is 1040 g/mol. The molecule has 4 aromatic rings. The van der Waals surface area contributed by atoms with Gasteiger partial charge in [-0.15, -0.1) is 35.1 Å². The fraction of sp³-hybridized carbons (Fsp3) is 0.500. The second kappa shape index (κ2) is 25.7. The Balaban J connectivity index is 0.000000350. The van der Waals surface area contributed by atoms with Crippen LogP contribution in [-0.2, 0) is 29.5 Å². The molecule has 3 amide bonds. The number of sulfonamides is 2. The number of primary amides is 1. The van der Waals surface area contributed by atoms with Crippen LogP contribution in [0.2, 0.25) is 0 Å². The number of halogens is 1. The van der Waals surface area contributed by atoms with Crippen molar-refractivity contribution in [2.75, 3.05) is 13.1 Å². The Bertz CT molecular complexity index is 2400. The molecule has 376 valence electrons. The molecule has 68 heavy (non-hydrogen) atoms. The highest BCUT2D eigenvalue weighted by Crippen LogP contribution is 2.41. The molecule has 24 heteroatoms. The summed E-state index contributed by atoms with van der Waals surface area (Å²) in [5.74, 6) is -1.43. The van der Waals surface area contributed by atoms with Crippen molar-refractivity contribution >= 4 is 79.2 Å². The Morgan fingerprint density at radius 1 is 0.676 bits per heavy atom. The Kier molecular flexibility index (Phi) is 21.8. The molecule has 0 spiro atoms. The number of hydrogen-bond donors (Lipinski definition) is 7. The van der Waals surface area contributed by atoms with Crippen molar-refractivity contribution in [1.29, 1.82) is 0 Å². The molecular weight excluding hydrogens is 980 g/mol. The summed E-state index contributed by atoms with van der Waals surface area (Å²) in [5, 5.41) is 17.0. The lowest BCUT2D eigenvalue weighted by molar-refractivity contribution is 0.0695. The van der Waals surface area contributed by atoms with E-state index in [0.717, 1.165) is 61.4 Å². The van der Waals surface area contributed by atoms with Crippen molar-refractivity contribution in [1.82, 2.24) is 36.2 Å².